The highest BCUT2D eigenvalue weighted by atomic mass is 127. The first-order valence-electron chi connectivity index (χ1n) is 9.62. The zero-order valence-electron chi connectivity index (χ0n) is 17.1. The van der Waals surface area contributed by atoms with Crippen LogP contribution >= 0.6 is 24.0 Å². The van der Waals surface area contributed by atoms with E-state index in [0.717, 1.165) is 18.1 Å². The summed E-state index contributed by atoms with van der Waals surface area (Å²) in [6, 6.07) is 6.56. The maximum atomic E-state index is 13.2. The Labute approximate surface area is 184 Å². The molecule has 0 bridgehead atoms. The molecule has 1 amide bonds. The monoisotopic (exact) mass is 506 g/mol. The maximum absolute atomic E-state index is 13.2. The summed E-state index contributed by atoms with van der Waals surface area (Å²) in [6.45, 7) is 10.4. The summed E-state index contributed by atoms with van der Waals surface area (Å²) in [5.74, 6) is 0.523. The van der Waals surface area contributed by atoms with E-state index in [1.807, 2.05) is 27.7 Å². The average Bonchev–Trinajstić information content (AvgIpc) is 2.60. The third-order valence-corrected chi connectivity index (χ3v) is 4.19. The molecule has 28 heavy (non-hydrogen) atoms. The van der Waals surface area contributed by atoms with Gasteiger partial charge in [-0.25, -0.2) is 4.39 Å². The number of rotatable bonds is 6. The van der Waals surface area contributed by atoms with Gasteiger partial charge in [0.1, 0.15) is 11.9 Å². The lowest BCUT2D eigenvalue weighted by Crippen LogP contribution is -2.50. The normalized spacial score (nSPS) is 19.9. The maximum Gasteiger partial charge on any atom is 0.222 e. The van der Waals surface area contributed by atoms with E-state index in [4.69, 9.17) is 4.74 Å². The fourth-order valence-corrected chi connectivity index (χ4v) is 3.07. The number of nitrogens with one attached hydrogen (secondary N) is 2. The fourth-order valence-electron chi connectivity index (χ4n) is 3.07. The first-order valence-corrected chi connectivity index (χ1v) is 9.62. The molecule has 0 aliphatic carbocycles. The van der Waals surface area contributed by atoms with E-state index in [9.17, 15) is 9.18 Å². The third kappa shape index (κ3) is 7.90. The van der Waals surface area contributed by atoms with Crippen LogP contribution in [0.1, 0.15) is 45.8 Å². The molecule has 2 N–H and O–H groups in total. The molecule has 0 spiro atoms. The molecule has 1 fully saturated rings. The molecule has 1 aromatic carbocycles. The van der Waals surface area contributed by atoms with Crippen molar-refractivity contribution in [1.29, 1.82) is 0 Å². The van der Waals surface area contributed by atoms with Crippen LogP contribution in [-0.2, 0) is 9.53 Å². The quantitative estimate of drug-likeness (QED) is 0.354. The molecule has 2 atom stereocenters. The summed E-state index contributed by atoms with van der Waals surface area (Å²) in [7, 11) is 0. The van der Waals surface area contributed by atoms with Gasteiger partial charge in [-0.1, -0.05) is 12.1 Å². The Morgan fingerprint density at radius 2 is 2.00 bits per heavy atom. The van der Waals surface area contributed by atoms with Crippen LogP contribution in [0, 0.1) is 5.82 Å². The van der Waals surface area contributed by atoms with E-state index in [0.29, 0.717) is 26.1 Å². The first-order chi connectivity index (χ1) is 12.9. The predicted molar refractivity (Wildman–Crippen MR) is 121 cm³/mol. The van der Waals surface area contributed by atoms with Gasteiger partial charge in [-0.15, -0.1) is 24.0 Å². The molecule has 8 heteroatoms. The number of hydrogen-bond donors (Lipinski definition) is 2. The third-order valence-electron chi connectivity index (χ3n) is 4.19. The van der Waals surface area contributed by atoms with Crippen LogP contribution in [0.2, 0.25) is 0 Å². The van der Waals surface area contributed by atoms with Crippen molar-refractivity contribution in [3.05, 3.63) is 35.6 Å². The van der Waals surface area contributed by atoms with Crippen LogP contribution in [0.4, 0.5) is 4.39 Å². The number of hydrogen-bond acceptors (Lipinski definition) is 3. The van der Waals surface area contributed by atoms with Crippen molar-refractivity contribution in [2.45, 2.75) is 52.4 Å². The number of halogens is 2. The molecular formula is C20H32FIN4O2. The molecule has 1 aliphatic heterocycles. The van der Waals surface area contributed by atoms with Gasteiger partial charge in [0.05, 0.1) is 19.2 Å². The number of carbonyl (C=O) groups excluding carboxylic acids is 1. The van der Waals surface area contributed by atoms with E-state index in [1.165, 1.54) is 12.1 Å². The van der Waals surface area contributed by atoms with Gasteiger partial charge in [0.25, 0.3) is 0 Å². The zero-order chi connectivity index (χ0) is 19.8. The minimum atomic E-state index is -0.256. The number of guanidine groups is 1. The van der Waals surface area contributed by atoms with Gasteiger partial charge in [0.15, 0.2) is 5.96 Å². The summed E-state index contributed by atoms with van der Waals surface area (Å²) >= 11 is 0. The predicted octanol–water partition coefficient (Wildman–Crippen LogP) is 3.09. The van der Waals surface area contributed by atoms with E-state index in [-0.39, 0.29) is 54.0 Å². The average molecular weight is 506 g/mol. The van der Waals surface area contributed by atoms with Gasteiger partial charge in [-0.2, -0.15) is 0 Å². The summed E-state index contributed by atoms with van der Waals surface area (Å²) in [5, 5.41) is 6.17. The first kappa shape index (κ1) is 24.6. The number of carbonyl (C=O) groups is 1. The molecule has 0 radical (unpaired) electrons. The van der Waals surface area contributed by atoms with E-state index in [1.54, 1.807) is 12.1 Å². The van der Waals surface area contributed by atoms with E-state index in [2.05, 4.69) is 20.5 Å². The van der Waals surface area contributed by atoms with Gasteiger partial charge < -0.3 is 20.3 Å². The fraction of sp³-hybridized carbons (Fsp3) is 0.600. The summed E-state index contributed by atoms with van der Waals surface area (Å²) in [4.78, 5) is 18.6. The van der Waals surface area contributed by atoms with Crippen molar-refractivity contribution in [3.63, 3.8) is 0 Å². The van der Waals surface area contributed by atoms with Gasteiger partial charge in [0, 0.05) is 25.6 Å². The molecule has 6 nitrogen and oxygen atoms in total. The van der Waals surface area contributed by atoms with Crippen LogP contribution in [0.25, 0.3) is 0 Å². The second-order valence-corrected chi connectivity index (χ2v) is 7.10. The van der Waals surface area contributed by atoms with Crippen LogP contribution < -0.4 is 10.6 Å². The topological polar surface area (TPSA) is 66.0 Å². The lowest BCUT2D eigenvalue weighted by molar-refractivity contribution is -0.121. The van der Waals surface area contributed by atoms with Crippen LogP contribution in [0.3, 0.4) is 0 Å². The number of benzene rings is 1. The van der Waals surface area contributed by atoms with Crippen LogP contribution in [-0.4, -0.2) is 55.1 Å². The standard InChI is InChI=1S/C20H31FN4O2.HI/c1-5-22-20(23-11-10-19(26)24-14(2)3)25-12-15(4)27-18(13-25)16-6-8-17(21)9-7-16;/h6-9,14-15,18H,5,10-13H2,1-4H3,(H,22,23)(H,24,26);1H. The second kappa shape index (κ2) is 12.2. The summed E-state index contributed by atoms with van der Waals surface area (Å²) < 4.78 is 19.3. The van der Waals surface area contributed by atoms with Crippen LogP contribution in [0.5, 0.6) is 0 Å². The second-order valence-electron chi connectivity index (χ2n) is 7.10. The molecule has 2 unspecified atom stereocenters. The number of amides is 1. The van der Waals surface area contributed by atoms with Crippen molar-refractivity contribution >= 4 is 35.8 Å². The van der Waals surface area contributed by atoms with Gasteiger partial charge >= 0.3 is 0 Å². The van der Waals surface area contributed by atoms with Crippen LogP contribution in [0.15, 0.2) is 29.3 Å². The Morgan fingerprint density at radius 1 is 1.32 bits per heavy atom. The van der Waals surface area contributed by atoms with Gasteiger partial charge in [0.2, 0.25) is 5.91 Å². The molecule has 1 saturated heterocycles. The SMILES string of the molecule is CCNC(=NCCC(=O)NC(C)C)N1CC(C)OC(c2ccc(F)cc2)C1.I. The van der Waals surface area contributed by atoms with Crippen molar-refractivity contribution in [2.24, 2.45) is 4.99 Å². The highest BCUT2D eigenvalue weighted by Gasteiger charge is 2.28. The number of nitrogens with zero attached hydrogens (tertiary/aromatic N) is 2. The van der Waals surface area contributed by atoms with E-state index >= 15 is 0 Å². The van der Waals surface area contributed by atoms with Crippen molar-refractivity contribution in [1.82, 2.24) is 15.5 Å². The summed E-state index contributed by atoms with van der Waals surface area (Å²) in [5.41, 5.74) is 0.945. The van der Waals surface area contributed by atoms with Crippen molar-refractivity contribution in [3.8, 4) is 0 Å². The molecule has 0 saturated carbocycles. The largest absolute Gasteiger partial charge is 0.367 e. The van der Waals surface area contributed by atoms with Crippen molar-refractivity contribution in [2.75, 3.05) is 26.2 Å². The Balaban J connectivity index is 0.00000392. The molecular weight excluding hydrogens is 474 g/mol. The van der Waals surface area contributed by atoms with E-state index < -0.39 is 0 Å². The van der Waals surface area contributed by atoms with Crippen molar-refractivity contribution < 1.29 is 13.9 Å². The number of ether oxygens (including phenoxy) is 1. The van der Waals surface area contributed by atoms with Gasteiger partial charge in [-0.05, 0) is 45.4 Å². The molecule has 0 aromatic heterocycles. The minimum absolute atomic E-state index is 0. The number of aliphatic imine (C=N–C) groups is 1. The minimum Gasteiger partial charge on any atom is -0.367 e. The number of morpholine rings is 1. The Kier molecular flexibility index (Phi) is 10.7. The van der Waals surface area contributed by atoms with Gasteiger partial charge in [-0.3, -0.25) is 9.79 Å². The molecule has 2 rings (SSSR count). The lowest BCUT2D eigenvalue weighted by atomic mass is 10.1. The highest BCUT2D eigenvalue weighted by Crippen LogP contribution is 2.25. The molecule has 1 aromatic rings. The zero-order valence-corrected chi connectivity index (χ0v) is 19.4. The summed E-state index contributed by atoms with van der Waals surface area (Å²) in [6.07, 6.45) is 0.221. The molecule has 1 aliphatic rings. The Bertz CT molecular complexity index is 640. The molecule has 1 heterocycles. The Morgan fingerprint density at radius 3 is 2.61 bits per heavy atom. The lowest BCUT2D eigenvalue weighted by Gasteiger charge is -2.38. The Hall–Kier alpha value is -1.42. The smallest absolute Gasteiger partial charge is 0.222 e. The molecule has 158 valence electrons. The highest BCUT2D eigenvalue weighted by molar-refractivity contribution is 14.0.